The van der Waals surface area contributed by atoms with Gasteiger partial charge in [0.05, 0.1) is 28.0 Å². The van der Waals surface area contributed by atoms with Crippen molar-refractivity contribution in [3.05, 3.63) is 81.4 Å². The Hall–Kier alpha value is -3.41. The van der Waals surface area contributed by atoms with E-state index >= 15 is 0 Å². The second-order valence-electron chi connectivity index (χ2n) is 6.96. The number of amides is 1. The van der Waals surface area contributed by atoms with E-state index in [4.69, 9.17) is 21.8 Å². The first-order chi connectivity index (χ1) is 15.6. The van der Waals surface area contributed by atoms with Crippen LogP contribution in [0, 0.1) is 11.3 Å². The first kappa shape index (κ1) is 21.8. The van der Waals surface area contributed by atoms with E-state index in [-0.39, 0.29) is 5.91 Å². The number of benzene rings is 2. The number of nitriles is 1. The van der Waals surface area contributed by atoms with E-state index < -0.39 is 0 Å². The molecule has 0 saturated carbocycles. The zero-order chi connectivity index (χ0) is 22.5. The van der Waals surface area contributed by atoms with Gasteiger partial charge in [-0.1, -0.05) is 35.9 Å². The molecule has 32 heavy (non-hydrogen) atoms. The van der Waals surface area contributed by atoms with Crippen LogP contribution in [0.2, 0.25) is 5.02 Å². The fourth-order valence-corrected chi connectivity index (χ4v) is 3.79. The summed E-state index contributed by atoms with van der Waals surface area (Å²) in [5.41, 5.74) is 3.17. The second-order valence-corrected chi connectivity index (χ2v) is 8.22. The summed E-state index contributed by atoms with van der Waals surface area (Å²) in [6.45, 7) is 1.09. The van der Waals surface area contributed by atoms with Gasteiger partial charge in [0.1, 0.15) is 5.82 Å². The molecular formula is C23H18BrClN6O. The molecule has 4 rings (SSSR count). The van der Waals surface area contributed by atoms with Crippen molar-refractivity contribution >= 4 is 44.9 Å². The number of hydrogen-bond donors (Lipinski definition) is 2. The molecular weight excluding hydrogens is 492 g/mol. The summed E-state index contributed by atoms with van der Waals surface area (Å²) in [4.78, 5) is 17.0. The number of aromatic nitrogens is 3. The van der Waals surface area contributed by atoms with Crippen molar-refractivity contribution in [3.8, 4) is 17.3 Å². The zero-order valence-electron chi connectivity index (χ0n) is 16.8. The lowest BCUT2D eigenvalue weighted by Gasteiger charge is -2.12. The van der Waals surface area contributed by atoms with Crippen LogP contribution in [0.1, 0.15) is 22.3 Å². The van der Waals surface area contributed by atoms with E-state index in [1.54, 1.807) is 35.0 Å². The number of carbonyl (C=O) groups excluding carboxylic acids is 1. The van der Waals surface area contributed by atoms with Gasteiger partial charge in [0.15, 0.2) is 5.65 Å². The summed E-state index contributed by atoms with van der Waals surface area (Å²) < 4.78 is 2.50. The SMILES string of the molecule is N#Cc1cccc(C(=O)NCCCNc2cc(-c3ccccc3Cl)nc3c(Br)cnn23)c1. The molecule has 0 aliphatic heterocycles. The molecule has 0 spiro atoms. The summed E-state index contributed by atoms with van der Waals surface area (Å²) in [6.07, 6.45) is 2.39. The monoisotopic (exact) mass is 508 g/mol. The number of rotatable bonds is 7. The third-order valence-corrected chi connectivity index (χ3v) is 5.67. The maximum absolute atomic E-state index is 12.3. The molecule has 1 amide bonds. The smallest absolute Gasteiger partial charge is 0.251 e. The van der Waals surface area contributed by atoms with E-state index in [2.05, 4.69) is 31.7 Å². The van der Waals surface area contributed by atoms with Gasteiger partial charge in [0.2, 0.25) is 0 Å². The Bertz CT molecular complexity index is 1330. The van der Waals surface area contributed by atoms with Crippen LogP contribution >= 0.6 is 27.5 Å². The topological polar surface area (TPSA) is 95.1 Å². The van der Waals surface area contributed by atoms with Gasteiger partial charge in [-0.25, -0.2) is 4.98 Å². The Morgan fingerprint density at radius 3 is 2.81 bits per heavy atom. The summed E-state index contributed by atoms with van der Waals surface area (Å²) in [7, 11) is 0. The standard InChI is InChI=1S/C23H18BrClN6O/c24-18-14-29-31-21(12-20(30-22(18)31)17-7-1-2-8-19(17)25)27-9-4-10-28-23(32)16-6-3-5-15(11-16)13-26/h1-3,5-8,11-12,14,27H,4,9-10H2,(H,28,32). The number of carbonyl (C=O) groups is 1. The lowest BCUT2D eigenvalue weighted by Crippen LogP contribution is -2.26. The third kappa shape index (κ3) is 4.74. The third-order valence-electron chi connectivity index (χ3n) is 4.78. The Morgan fingerprint density at radius 1 is 1.16 bits per heavy atom. The largest absolute Gasteiger partial charge is 0.370 e. The summed E-state index contributed by atoms with van der Waals surface area (Å²) >= 11 is 9.86. The van der Waals surface area contributed by atoms with Crippen molar-refractivity contribution in [1.82, 2.24) is 19.9 Å². The van der Waals surface area contributed by atoms with Gasteiger partial charge in [-0.05, 0) is 46.6 Å². The molecule has 2 N–H and O–H groups in total. The lowest BCUT2D eigenvalue weighted by molar-refractivity contribution is 0.0953. The molecule has 0 aliphatic rings. The number of fused-ring (bicyclic) bond motifs is 1. The van der Waals surface area contributed by atoms with E-state index in [9.17, 15) is 4.79 Å². The number of hydrogen-bond acceptors (Lipinski definition) is 5. The first-order valence-corrected chi connectivity index (χ1v) is 11.1. The van der Waals surface area contributed by atoms with Gasteiger partial charge < -0.3 is 10.6 Å². The molecule has 2 aromatic heterocycles. The van der Waals surface area contributed by atoms with Crippen molar-refractivity contribution in [2.45, 2.75) is 6.42 Å². The van der Waals surface area contributed by atoms with Crippen LogP contribution in [0.25, 0.3) is 16.9 Å². The molecule has 2 aromatic carbocycles. The highest BCUT2D eigenvalue weighted by Gasteiger charge is 2.13. The quantitative estimate of drug-likeness (QED) is 0.345. The van der Waals surface area contributed by atoms with Gasteiger partial charge in [-0.15, -0.1) is 0 Å². The van der Waals surface area contributed by atoms with Crippen molar-refractivity contribution in [2.75, 3.05) is 18.4 Å². The fourth-order valence-electron chi connectivity index (χ4n) is 3.21. The van der Waals surface area contributed by atoms with E-state index in [0.717, 1.165) is 21.5 Å². The Kier molecular flexibility index (Phi) is 6.69. The normalized spacial score (nSPS) is 10.7. The minimum atomic E-state index is -0.203. The van der Waals surface area contributed by atoms with Crippen molar-refractivity contribution < 1.29 is 4.79 Å². The van der Waals surface area contributed by atoms with Crippen molar-refractivity contribution in [3.63, 3.8) is 0 Å². The molecule has 0 atom stereocenters. The Balaban J connectivity index is 1.42. The highest BCUT2D eigenvalue weighted by atomic mass is 79.9. The highest BCUT2D eigenvalue weighted by Crippen LogP contribution is 2.30. The van der Waals surface area contributed by atoms with Crippen LogP contribution in [0.4, 0.5) is 5.82 Å². The number of nitrogens with one attached hydrogen (secondary N) is 2. The van der Waals surface area contributed by atoms with Crippen LogP contribution < -0.4 is 10.6 Å². The fraction of sp³-hybridized carbons (Fsp3) is 0.130. The van der Waals surface area contributed by atoms with E-state index in [0.29, 0.717) is 41.3 Å². The molecule has 0 fully saturated rings. The van der Waals surface area contributed by atoms with Crippen LogP contribution in [-0.4, -0.2) is 33.6 Å². The predicted molar refractivity (Wildman–Crippen MR) is 128 cm³/mol. The van der Waals surface area contributed by atoms with Crippen molar-refractivity contribution in [2.24, 2.45) is 0 Å². The van der Waals surface area contributed by atoms with Gasteiger partial charge in [0, 0.05) is 35.3 Å². The maximum Gasteiger partial charge on any atom is 0.251 e. The summed E-state index contributed by atoms with van der Waals surface area (Å²) in [6, 6.07) is 18.1. The van der Waals surface area contributed by atoms with Crippen LogP contribution in [0.15, 0.2) is 65.3 Å². The zero-order valence-corrected chi connectivity index (χ0v) is 19.2. The second kappa shape index (κ2) is 9.81. The molecule has 0 radical (unpaired) electrons. The molecule has 0 bridgehead atoms. The molecule has 0 saturated heterocycles. The average molecular weight is 510 g/mol. The van der Waals surface area contributed by atoms with Crippen LogP contribution in [0.5, 0.6) is 0 Å². The average Bonchev–Trinajstić information content (AvgIpc) is 3.19. The minimum Gasteiger partial charge on any atom is -0.370 e. The number of anilines is 1. The maximum atomic E-state index is 12.3. The predicted octanol–water partition coefficient (Wildman–Crippen LogP) is 4.92. The molecule has 9 heteroatoms. The first-order valence-electron chi connectivity index (χ1n) is 9.88. The van der Waals surface area contributed by atoms with Crippen LogP contribution in [0.3, 0.4) is 0 Å². The Morgan fingerprint density at radius 2 is 2.00 bits per heavy atom. The summed E-state index contributed by atoms with van der Waals surface area (Å²) in [5.74, 6) is 0.564. The van der Waals surface area contributed by atoms with Gasteiger partial charge >= 0.3 is 0 Å². The molecule has 160 valence electrons. The van der Waals surface area contributed by atoms with E-state index in [1.165, 1.54) is 0 Å². The highest BCUT2D eigenvalue weighted by molar-refractivity contribution is 9.10. The van der Waals surface area contributed by atoms with E-state index in [1.807, 2.05) is 36.4 Å². The molecule has 7 nitrogen and oxygen atoms in total. The van der Waals surface area contributed by atoms with Gasteiger partial charge in [0.25, 0.3) is 5.91 Å². The summed E-state index contributed by atoms with van der Waals surface area (Å²) in [5, 5.41) is 20.2. The number of nitrogens with zero attached hydrogens (tertiary/aromatic N) is 4. The number of halogens is 2. The molecule has 0 unspecified atom stereocenters. The minimum absolute atomic E-state index is 0.203. The molecule has 4 aromatic rings. The Labute approximate surface area is 198 Å². The lowest BCUT2D eigenvalue weighted by atomic mass is 10.1. The van der Waals surface area contributed by atoms with Gasteiger partial charge in [-0.2, -0.15) is 14.9 Å². The van der Waals surface area contributed by atoms with Crippen LogP contribution in [-0.2, 0) is 0 Å². The van der Waals surface area contributed by atoms with Crippen molar-refractivity contribution in [1.29, 1.82) is 5.26 Å². The molecule has 0 aliphatic carbocycles. The van der Waals surface area contributed by atoms with Gasteiger partial charge in [-0.3, -0.25) is 4.79 Å². The molecule has 2 heterocycles.